The Hall–Kier alpha value is -1.84. The molecule has 0 aliphatic rings. The number of unbranched alkanes of at least 4 members (excludes halogenated alkanes) is 7. The number of fused-ring (bicyclic) bond motifs is 1. The minimum atomic E-state index is 0.0192. The second-order valence-electron chi connectivity index (χ2n) is 6.88. The van der Waals surface area contributed by atoms with E-state index in [-0.39, 0.29) is 5.91 Å². The van der Waals surface area contributed by atoms with E-state index in [2.05, 4.69) is 35.0 Å². The predicted octanol–water partition coefficient (Wildman–Crippen LogP) is 4.86. The number of imidazole rings is 1. The lowest BCUT2D eigenvalue weighted by Crippen LogP contribution is -2.23. The summed E-state index contributed by atoms with van der Waals surface area (Å²) in [4.78, 5) is 15.9. The number of nitrogens with one attached hydrogen (secondary N) is 1. The number of nitrogens with zero attached hydrogens (tertiary/aromatic N) is 2. The number of hydrogen-bond donors (Lipinski definition) is 1. The third-order valence-electron chi connectivity index (χ3n) is 4.69. The molecule has 0 spiro atoms. The van der Waals surface area contributed by atoms with Gasteiger partial charge in [-0.2, -0.15) is 0 Å². The average molecular weight is 344 g/mol. The molecule has 0 bridgehead atoms. The highest BCUT2D eigenvalue weighted by atomic mass is 16.1. The first-order valence-electron chi connectivity index (χ1n) is 9.91. The minimum Gasteiger partial charge on any atom is -0.356 e. The summed E-state index contributed by atoms with van der Waals surface area (Å²) in [7, 11) is 0. The molecule has 0 fully saturated rings. The van der Waals surface area contributed by atoms with Crippen molar-refractivity contribution in [2.45, 2.75) is 78.2 Å². The smallest absolute Gasteiger partial charge is 0.216 e. The summed E-state index contributed by atoms with van der Waals surface area (Å²) in [5.74, 6) is 1.10. The summed E-state index contributed by atoms with van der Waals surface area (Å²) in [6.45, 7) is 5.49. The van der Waals surface area contributed by atoms with Gasteiger partial charge in [-0.1, -0.05) is 64.0 Å². The molecule has 0 atom stereocenters. The van der Waals surface area contributed by atoms with Gasteiger partial charge >= 0.3 is 0 Å². The van der Waals surface area contributed by atoms with Crippen LogP contribution in [0.15, 0.2) is 24.3 Å². The molecule has 1 amide bonds. The number of rotatable bonds is 12. The quantitative estimate of drug-likeness (QED) is 0.560. The van der Waals surface area contributed by atoms with Gasteiger partial charge in [0.05, 0.1) is 11.0 Å². The van der Waals surface area contributed by atoms with Gasteiger partial charge in [-0.3, -0.25) is 4.79 Å². The summed E-state index contributed by atoms with van der Waals surface area (Å²) in [5, 5.41) is 2.87. The fraction of sp³-hybridized carbons (Fsp3) is 0.619. The third-order valence-corrected chi connectivity index (χ3v) is 4.69. The second-order valence-corrected chi connectivity index (χ2v) is 6.88. The Kier molecular flexibility index (Phi) is 8.50. The Labute approximate surface area is 152 Å². The summed E-state index contributed by atoms with van der Waals surface area (Å²) in [6, 6.07) is 8.33. The van der Waals surface area contributed by atoms with E-state index in [0.717, 1.165) is 24.3 Å². The maximum absolute atomic E-state index is 11.1. The van der Waals surface area contributed by atoms with Crippen LogP contribution in [0.1, 0.15) is 71.0 Å². The van der Waals surface area contributed by atoms with Crippen molar-refractivity contribution in [3.63, 3.8) is 0 Å². The monoisotopic (exact) mass is 343 g/mol. The van der Waals surface area contributed by atoms with Crippen LogP contribution in [0.5, 0.6) is 0 Å². The standard InChI is InChI=1S/C21H33N3O/c1-3-4-5-6-7-8-9-12-17-24-20-14-11-10-13-19(20)23-21(24)15-16-22-18(2)25/h10-11,13-14H,3-9,12,15-17H2,1-2H3,(H,22,25). The predicted molar refractivity (Wildman–Crippen MR) is 105 cm³/mol. The van der Waals surface area contributed by atoms with Crippen molar-refractivity contribution in [3.05, 3.63) is 30.1 Å². The van der Waals surface area contributed by atoms with Crippen LogP contribution in [0.2, 0.25) is 0 Å². The molecule has 1 N–H and O–H groups in total. The lowest BCUT2D eigenvalue weighted by atomic mass is 10.1. The molecule has 0 aliphatic carbocycles. The maximum atomic E-state index is 11.1. The van der Waals surface area contributed by atoms with Crippen molar-refractivity contribution >= 4 is 16.9 Å². The van der Waals surface area contributed by atoms with Gasteiger partial charge in [-0.25, -0.2) is 4.98 Å². The van der Waals surface area contributed by atoms with Gasteiger partial charge in [-0.15, -0.1) is 0 Å². The largest absolute Gasteiger partial charge is 0.356 e. The molecule has 4 heteroatoms. The number of para-hydroxylation sites is 2. The van der Waals surface area contributed by atoms with Gasteiger partial charge in [-0.05, 0) is 18.6 Å². The first-order valence-corrected chi connectivity index (χ1v) is 9.91. The van der Waals surface area contributed by atoms with E-state index in [9.17, 15) is 4.79 Å². The number of benzene rings is 1. The summed E-state index contributed by atoms with van der Waals surface area (Å²) < 4.78 is 2.34. The van der Waals surface area contributed by atoms with Gasteiger partial charge in [0.15, 0.2) is 0 Å². The van der Waals surface area contributed by atoms with E-state index in [1.54, 1.807) is 6.92 Å². The SMILES string of the molecule is CCCCCCCCCCn1c(CCNC(C)=O)nc2ccccc21. The highest BCUT2D eigenvalue weighted by molar-refractivity contribution is 5.76. The molecular weight excluding hydrogens is 310 g/mol. The lowest BCUT2D eigenvalue weighted by molar-refractivity contribution is -0.118. The molecule has 138 valence electrons. The maximum Gasteiger partial charge on any atom is 0.216 e. The van der Waals surface area contributed by atoms with Gasteiger partial charge in [0.2, 0.25) is 5.91 Å². The van der Waals surface area contributed by atoms with Gasteiger partial charge in [0, 0.05) is 26.4 Å². The average Bonchev–Trinajstić information content (AvgIpc) is 2.94. The molecule has 0 saturated heterocycles. The van der Waals surface area contributed by atoms with Gasteiger partial charge in [0.1, 0.15) is 5.82 Å². The summed E-state index contributed by atoms with van der Waals surface area (Å²) >= 11 is 0. The van der Waals surface area contributed by atoms with Crippen molar-refractivity contribution in [2.75, 3.05) is 6.54 Å². The van der Waals surface area contributed by atoms with Crippen LogP contribution < -0.4 is 5.32 Å². The Morgan fingerprint density at radius 3 is 2.44 bits per heavy atom. The van der Waals surface area contributed by atoms with Crippen LogP contribution in [-0.2, 0) is 17.8 Å². The zero-order chi connectivity index (χ0) is 17.9. The Bertz CT molecular complexity index is 648. The van der Waals surface area contributed by atoms with E-state index in [1.165, 1.54) is 56.9 Å². The third kappa shape index (κ3) is 6.52. The van der Waals surface area contributed by atoms with Crippen molar-refractivity contribution in [1.29, 1.82) is 0 Å². The molecule has 0 unspecified atom stereocenters. The Balaban J connectivity index is 1.85. The Morgan fingerprint density at radius 2 is 1.72 bits per heavy atom. The zero-order valence-electron chi connectivity index (χ0n) is 15.9. The number of carbonyl (C=O) groups is 1. The van der Waals surface area contributed by atoms with Crippen LogP contribution in [0.25, 0.3) is 11.0 Å². The fourth-order valence-corrected chi connectivity index (χ4v) is 3.32. The fourth-order valence-electron chi connectivity index (χ4n) is 3.32. The second kappa shape index (κ2) is 10.9. The zero-order valence-corrected chi connectivity index (χ0v) is 15.9. The summed E-state index contributed by atoms with van der Waals surface area (Å²) in [6.07, 6.45) is 11.4. The molecule has 1 aromatic carbocycles. The highest BCUT2D eigenvalue weighted by Crippen LogP contribution is 2.18. The first-order chi connectivity index (χ1) is 12.2. The molecule has 0 aliphatic heterocycles. The van der Waals surface area contributed by atoms with Crippen LogP contribution in [0.3, 0.4) is 0 Å². The van der Waals surface area contributed by atoms with Crippen LogP contribution in [0, 0.1) is 0 Å². The molecule has 0 radical (unpaired) electrons. The lowest BCUT2D eigenvalue weighted by Gasteiger charge is -2.10. The van der Waals surface area contributed by atoms with E-state index in [0.29, 0.717) is 6.54 Å². The molecule has 1 heterocycles. The molecular formula is C21H33N3O. The van der Waals surface area contributed by atoms with Gasteiger partial charge < -0.3 is 9.88 Å². The number of hydrogen-bond acceptors (Lipinski definition) is 2. The normalized spacial score (nSPS) is 11.1. The van der Waals surface area contributed by atoms with E-state index >= 15 is 0 Å². The van der Waals surface area contributed by atoms with Crippen molar-refractivity contribution in [2.24, 2.45) is 0 Å². The van der Waals surface area contributed by atoms with Crippen molar-refractivity contribution < 1.29 is 4.79 Å². The van der Waals surface area contributed by atoms with E-state index < -0.39 is 0 Å². The number of aryl methyl sites for hydroxylation is 1. The number of carbonyl (C=O) groups excluding carboxylic acids is 1. The van der Waals surface area contributed by atoms with Crippen LogP contribution in [0.4, 0.5) is 0 Å². The molecule has 0 saturated carbocycles. The van der Waals surface area contributed by atoms with Crippen LogP contribution in [-0.4, -0.2) is 22.0 Å². The van der Waals surface area contributed by atoms with Crippen LogP contribution >= 0.6 is 0 Å². The number of amides is 1. The highest BCUT2D eigenvalue weighted by Gasteiger charge is 2.10. The molecule has 4 nitrogen and oxygen atoms in total. The van der Waals surface area contributed by atoms with Crippen molar-refractivity contribution in [3.8, 4) is 0 Å². The van der Waals surface area contributed by atoms with Crippen molar-refractivity contribution in [1.82, 2.24) is 14.9 Å². The molecule has 25 heavy (non-hydrogen) atoms. The summed E-state index contributed by atoms with van der Waals surface area (Å²) in [5.41, 5.74) is 2.27. The van der Waals surface area contributed by atoms with E-state index in [4.69, 9.17) is 4.98 Å². The Morgan fingerprint density at radius 1 is 1.04 bits per heavy atom. The molecule has 1 aromatic heterocycles. The first kappa shape index (κ1) is 19.5. The molecule has 2 aromatic rings. The number of aromatic nitrogens is 2. The topological polar surface area (TPSA) is 46.9 Å². The molecule has 2 rings (SSSR count). The van der Waals surface area contributed by atoms with Gasteiger partial charge in [0.25, 0.3) is 0 Å². The minimum absolute atomic E-state index is 0.0192. The van der Waals surface area contributed by atoms with E-state index in [1.807, 2.05) is 6.07 Å².